The number of aryl methyl sites for hydroxylation is 1. The summed E-state index contributed by atoms with van der Waals surface area (Å²) in [5.74, 6) is -0.352. The highest BCUT2D eigenvalue weighted by atomic mass is 32.2. The normalized spacial score (nSPS) is 16.3. The molecule has 2 aromatic carbocycles. The Morgan fingerprint density at radius 3 is 2.71 bits per heavy atom. The van der Waals surface area contributed by atoms with Crippen molar-refractivity contribution < 1.29 is 18.4 Å². The lowest BCUT2D eigenvalue weighted by Gasteiger charge is -2.32. The van der Waals surface area contributed by atoms with Crippen LogP contribution in [0.2, 0.25) is 0 Å². The predicted octanol–water partition coefficient (Wildman–Crippen LogP) is 4.40. The summed E-state index contributed by atoms with van der Waals surface area (Å²) in [6.45, 7) is 2.63. The van der Waals surface area contributed by atoms with Gasteiger partial charge in [-0.3, -0.25) is 9.59 Å². The van der Waals surface area contributed by atoms with Gasteiger partial charge >= 0.3 is 0 Å². The lowest BCUT2D eigenvalue weighted by Crippen LogP contribution is -2.43. The molecule has 1 saturated heterocycles. The molecule has 1 atom stereocenters. The fourth-order valence-corrected chi connectivity index (χ4v) is 4.43. The average molecular weight is 440 g/mol. The van der Waals surface area contributed by atoms with E-state index >= 15 is 0 Å². The minimum absolute atomic E-state index is 0.0797. The highest BCUT2D eigenvalue weighted by Gasteiger charge is 2.29. The van der Waals surface area contributed by atoms with Crippen LogP contribution in [0.25, 0.3) is 11.1 Å². The van der Waals surface area contributed by atoms with Crippen molar-refractivity contribution in [3.63, 3.8) is 0 Å². The lowest BCUT2D eigenvalue weighted by atomic mass is 9.89. The first-order chi connectivity index (χ1) is 15.0. The maximum absolute atomic E-state index is 14.7. The van der Waals surface area contributed by atoms with Crippen molar-refractivity contribution in [2.75, 3.05) is 18.8 Å². The SMILES string of the molecule is Cc1nnc(SCC(=O)N2CCC[C@@H](C(=O)c3ccc(-c4ccccc4)c(F)c3)C2)o1. The zero-order valence-corrected chi connectivity index (χ0v) is 17.9. The van der Waals surface area contributed by atoms with Crippen LogP contribution >= 0.6 is 11.8 Å². The number of amides is 1. The Balaban J connectivity index is 1.40. The summed E-state index contributed by atoms with van der Waals surface area (Å²) in [5, 5.41) is 7.96. The molecule has 4 rings (SSSR count). The van der Waals surface area contributed by atoms with Crippen LogP contribution in [0.5, 0.6) is 0 Å². The van der Waals surface area contributed by atoms with Crippen LogP contribution in [0.1, 0.15) is 29.1 Å². The molecular weight excluding hydrogens is 417 g/mol. The molecule has 1 fully saturated rings. The van der Waals surface area contributed by atoms with Crippen LogP contribution in [0, 0.1) is 18.7 Å². The molecule has 0 unspecified atom stereocenters. The van der Waals surface area contributed by atoms with E-state index in [4.69, 9.17) is 4.42 Å². The second-order valence-electron chi connectivity index (χ2n) is 7.48. The van der Waals surface area contributed by atoms with Crippen LogP contribution in [-0.4, -0.2) is 45.6 Å². The number of piperidine rings is 1. The van der Waals surface area contributed by atoms with Crippen LogP contribution in [0.15, 0.2) is 58.2 Å². The summed E-state index contributed by atoms with van der Waals surface area (Å²) < 4.78 is 20.0. The van der Waals surface area contributed by atoms with Gasteiger partial charge in [0.15, 0.2) is 5.78 Å². The third-order valence-corrected chi connectivity index (χ3v) is 6.11. The first kappa shape index (κ1) is 21.2. The molecule has 0 bridgehead atoms. The number of ketones is 1. The molecule has 1 aliphatic heterocycles. The zero-order valence-electron chi connectivity index (χ0n) is 17.1. The summed E-state index contributed by atoms with van der Waals surface area (Å²) in [6, 6.07) is 13.8. The third-order valence-electron chi connectivity index (χ3n) is 5.31. The quantitative estimate of drug-likeness (QED) is 0.419. The number of likely N-dealkylation sites (tertiary alicyclic amines) is 1. The van der Waals surface area contributed by atoms with Gasteiger partial charge in [-0.15, -0.1) is 10.2 Å². The van der Waals surface area contributed by atoms with Crippen molar-refractivity contribution in [3.8, 4) is 11.1 Å². The molecule has 2 heterocycles. The lowest BCUT2D eigenvalue weighted by molar-refractivity contribution is -0.129. The van der Waals surface area contributed by atoms with E-state index in [2.05, 4.69) is 10.2 Å². The standard InChI is InChI=1S/C23H22FN3O3S/c1-15-25-26-23(30-15)31-14-21(28)27-11-5-8-18(13-27)22(29)17-9-10-19(20(24)12-17)16-6-3-2-4-7-16/h2-4,6-7,9-10,12,18H,5,8,11,13-14H2,1H3/t18-/m1/s1. The Bertz CT molecular complexity index is 1090. The number of Topliss-reactive ketones (excluding diaryl/α,β-unsaturated/α-hetero) is 1. The topological polar surface area (TPSA) is 76.3 Å². The van der Waals surface area contributed by atoms with E-state index in [1.807, 2.05) is 30.3 Å². The summed E-state index contributed by atoms with van der Waals surface area (Å²) in [7, 11) is 0. The van der Waals surface area contributed by atoms with Gasteiger partial charge in [0, 0.05) is 37.1 Å². The number of carbonyl (C=O) groups is 2. The van der Waals surface area contributed by atoms with Crippen LogP contribution in [-0.2, 0) is 4.79 Å². The molecule has 1 aliphatic rings. The van der Waals surface area contributed by atoms with Crippen molar-refractivity contribution in [1.29, 1.82) is 0 Å². The second-order valence-corrected chi connectivity index (χ2v) is 8.41. The third kappa shape index (κ3) is 5.02. The van der Waals surface area contributed by atoms with E-state index in [0.29, 0.717) is 41.8 Å². The summed E-state index contributed by atoms with van der Waals surface area (Å²) >= 11 is 1.18. The van der Waals surface area contributed by atoms with Gasteiger partial charge in [0.05, 0.1) is 5.75 Å². The molecule has 8 heteroatoms. The molecule has 6 nitrogen and oxygen atoms in total. The van der Waals surface area contributed by atoms with Gasteiger partial charge in [-0.1, -0.05) is 54.2 Å². The Kier molecular flexibility index (Phi) is 6.46. The van der Waals surface area contributed by atoms with Gasteiger partial charge in [-0.05, 0) is 24.5 Å². The van der Waals surface area contributed by atoms with Gasteiger partial charge in [0.2, 0.25) is 11.8 Å². The first-order valence-corrected chi connectivity index (χ1v) is 11.1. The molecule has 0 aliphatic carbocycles. The van der Waals surface area contributed by atoms with E-state index in [0.717, 1.165) is 12.0 Å². The monoisotopic (exact) mass is 439 g/mol. The van der Waals surface area contributed by atoms with Gasteiger partial charge in [-0.25, -0.2) is 4.39 Å². The van der Waals surface area contributed by atoms with Crippen molar-refractivity contribution in [2.24, 2.45) is 5.92 Å². The van der Waals surface area contributed by atoms with E-state index in [9.17, 15) is 14.0 Å². The Morgan fingerprint density at radius 2 is 2.00 bits per heavy atom. The number of hydrogen-bond donors (Lipinski definition) is 0. The Hall–Kier alpha value is -3.00. The highest BCUT2D eigenvalue weighted by Crippen LogP contribution is 2.27. The van der Waals surface area contributed by atoms with Gasteiger partial charge in [0.25, 0.3) is 5.22 Å². The number of aromatic nitrogens is 2. The fourth-order valence-electron chi connectivity index (χ4n) is 3.73. The average Bonchev–Trinajstić information content (AvgIpc) is 3.22. The van der Waals surface area contributed by atoms with E-state index in [-0.39, 0.29) is 23.4 Å². The number of halogens is 1. The highest BCUT2D eigenvalue weighted by molar-refractivity contribution is 7.99. The molecule has 0 spiro atoms. The first-order valence-electron chi connectivity index (χ1n) is 10.1. The van der Waals surface area contributed by atoms with Crippen molar-refractivity contribution in [3.05, 3.63) is 65.8 Å². The molecule has 0 radical (unpaired) electrons. The van der Waals surface area contributed by atoms with Gasteiger partial charge < -0.3 is 9.32 Å². The molecule has 0 saturated carbocycles. The fraction of sp³-hybridized carbons (Fsp3) is 0.304. The molecular formula is C23H22FN3O3S. The second kappa shape index (κ2) is 9.43. The number of thioether (sulfide) groups is 1. The van der Waals surface area contributed by atoms with E-state index < -0.39 is 5.82 Å². The minimum atomic E-state index is -0.424. The molecule has 0 N–H and O–H groups in total. The molecule has 31 heavy (non-hydrogen) atoms. The number of nitrogens with zero attached hydrogens (tertiary/aromatic N) is 3. The Morgan fingerprint density at radius 1 is 1.19 bits per heavy atom. The van der Waals surface area contributed by atoms with E-state index in [1.165, 1.54) is 17.8 Å². The van der Waals surface area contributed by atoms with Crippen molar-refractivity contribution >= 4 is 23.5 Å². The summed E-state index contributed by atoms with van der Waals surface area (Å²) in [4.78, 5) is 27.3. The zero-order chi connectivity index (χ0) is 21.8. The van der Waals surface area contributed by atoms with Crippen molar-refractivity contribution in [2.45, 2.75) is 25.0 Å². The van der Waals surface area contributed by atoms with Gasteiger partial charge in [0.1, 0.15) is 5.82 Å². The predicted molar refractivity (Wildman–Crippen MR) is 115 cm³/mol. The molecule has 3 aromatic rings. The van der Waals surface area contributed by atoms with Crippen LogP contribution in [0.3, 0.4) is 0 Å². The number of hydrogen-bond acceptors (Lipinski definition) is 6. The summed E-state index contributed by atoms with van der Waals surface area (Å²) in [6.07, 6.45) is 1.41. The van der Waals surface area contributed by atoms with Crippen LogP contribution in [0.4, 0.5) is 4.39 Å². The number of rotatable bonds is 6. The minimum Gasteiger partial charge on any atom is -0.416 e. The maximum Gasteiger partial charge on any atom is 0.277 e. The van der Waals surface area contributed by atoms with E-state index in [1.54, 1.807) is 24.0 Å². The van der Waals surface area contributed by atoms with Crippen molar-refractivity contribution in [1.82, 2.24) is 15.1 Å². The molecule has 1 aromatic heterocycles. The number of benzene rings is 2. The number of carbonyl (C=O) groups excluding carboxylic acids is 2. The van der Waals surface area contributed by atoms with Gasteiger partial charge in [-0.2, -0.15) is 0 Å². The maximum atomic E-state index is 14.7. The smallest absolute Gasteiger partial charge is 0.277 e. The molecule has 1 amide bonds. The van der Waals surface area contributed by atoms with Crippen LogP contribution < -0.4 is 0 Å². The largest absolute Gasteiger partial charge is 0.416 e. The summed E-state index contributed by atoms with van der Waals surface area (Å²) in [5.41, 5.74) is 1.57. The molecule has 160 valence electrons. The Labute approximate surface area is 183 Å².